The largest absolute Gasteiger partial charge is 0.493 e. The first-order chi connectivity index (χ1) is 18.4. The minimum Gasteiger partial charge on any atom is -0.493 e. The van der Waals surface area contributed by atoms with Crippen molar-refractivity contribution in [3.63, 3.8) is 0 Å². The summed E-state index contributed by atoms with van der Waals surface area (Å²) in [5, 5.41) is 0.866. The molecule has 2 heterocycles. The van der Waals surface area contributed by atoms with E-state index >= 15 is 0 Å². The summed E-state index contributed by atoms with van der Waals surface area (Å²) in [4.78, 5) is 29.2. The molecule has 0 aliphatic carbocycles. The van der Waals surface area contributed by atoms with Crippen molar-refractivity contribution in [1.82, 2.24) is 0 Å². The first-order valence-electron chi connectivity index (χ1n) is 12.6. The van der Waals surface area contributed by atoms with Crippen LogP contribution in [0.2, 0.25) is 5.02 Å². The summed E-state index contributed by atoms with van der Waals surface area (Å²) >= 11 is 9.73. The van der Waals surface area contributed by atoms with Gasteiger partial charge in [0.25, 0.3) is 5.91 Å². The van der Waals surface area contributed by atoms with Crippen molar-refractivity contribution in [2.45, 2.75) is 38.6 Å². The molecule has 0 bridgehead atoms. The normalized spacial score (nSPS) is 14.7. The highest BCUT2D eigenvalue weighted by molar-refractivity contribution is 9.10. The zero-order chi connectivity index (χ0) is 26.8. The highest BCUT2D eigenvalue weighted by Gasteiger charge is 2.44. The number of carbonyl (C=O) groups is 1. The second kappa shape index (κ2) is 11.2. The van der Waals surface area contributed by atoms with Gasteiger partial charge in [0, 0.05) is 15.2 Å². The lowest BCUT2D eigenvalue weighted by atomic mass is 9.97. The number of methoxy groups -OCH3 is 1. The van der Waals surface area contributed by atoms with Gasteiger partial charge < -0.3 is 13.9 Å². The molecular weight excluding hydrogens is 570 g/mol. The van der Waals surface area contributed by atoms with Crippen molar-refractivity contribution in [2.75, 3.05) is 18.6 Å². The Balaban J connectivity index is 1.63. The molecule has 0 radical (unpaired) electrons. The van der Waals surface area contributed by atoms with E-state index in [4.69, 9.17) is 25.5 Å². The molecule has 6 nitrogen and oxygen atoms in total. The van der Waals surface area contributed by atoms with Gasteiger partial charge in [-0.1, -0.05) is 65.8 Å². The molecule has 1 aromatic heterocycles. The van der Waals surface area contributed by atoms with Crippen LogP contribution in [0.1, 0.15) is 60.3 Å². The Morgan fingerprint density at radius 1 is 1.00 bits per heavy atom. The fraction of sp³-hybridized carbons (Fsp3) is 0.267. The number of nitrogens with zero attached hydrogens (tertiary/aromatic N) is 1. The number of hydrogen-bond acceptors (Lipinski definition) is 5. The number of hydrogen-bond donors (Lipinski definition) is 0. The van der Waals surface area contributed by atoms with Crippen molar-refractivity contribution in [3.05, 3.63) is 97.3 Å². The summed E-state index contributed by atoms with van der Waals surface area (Å²) in [6.07, 6.45) is 4.38. The molecule has 38 heavy (non-hydrogen) atoms. The number of anilines is 1. The van der Waals surface area contributed by atoms with E-state index in [0.717, 1.165) is 23.7 Å². The van der Waals surface area contributed by atoms with E-state index in [1.807, 2.05) is 18.2 Å². The summed E-state index contributed by atoms with van der Waals surface area (Å²) in [6.45, 7) is 2.75. The molecule has 0 spiro atoms. The average Bonchev–Trinajstić information content (AvgIpc) is 3.21. The highest BCUT2D eigenvalue weighted by Crippen LogP contribution is 2.43. The van der Waals surface area contributed by atoms with E-state index in [-0.39, 0.29) is 16.8 Å². The van der Waals surface area contributed by atoms with E-state index in [2.05, 4.69) is 22.9 Å². The van der Waals surface area contributed by atoms with Crippen LogP contribution >= 0.6 is 27.5 Å². The Hall–Kier alpha value is -3.29. The second-order valence-electron chi connectivity index (χ2n) is 9.19. The summed E-state index contributed by atoms with van der Waals surface area (Å²) in [6, 6.07) is 16.9. The van der Waals surface area contributed by atoms with Crippen LogP contribution < -0.4 is 19.8 Å². The highest BCUT2D eigenvalue weighted by atomic mass is 79.9. The predicted molar refractivity (Wildman–Crippen MR) is 153 cm³/mol. The number of amides is 1. The maximum Gasteiger partial charge on any atom is 0.295 e. The van der Waals surface area contributed by atoms with Crippen LogP contribution in [0.25, 0.3) is 11.0 Å². The van der Waals surface area contributed by atoms with Crippen LogP contribution in [0.3, 0.4) is 0 Å². The van der Waals surface area contributed by atoms with E-state index in [9.17, 15) is 9.59 Å². The standard InChI is InChI=1S/C30H27BrClNO5/c1-3-4-5-6-14-37-24-12-10-18(15-25(24)36-2)27-26-28(34)22-16-19(31)11-13-23(22)38-29(26)30(35)33(27)21-9-7-8-20(32)17-21/h7-13,15-17,27H,3-6,14H2,1-2H3. The Bertz CT molecular complexity index is 1570. The topological polar surface area (TPSA) is 69.0 Å². The third kappa shape index (κ3) is 4.93. The Morgan fingerprint density at radius 2 is 1.84 bits per heavy atom. The molecule has 1 atom stereocenters. The smallest absolute Gasteiger partial charge is 0.295 e. The van der Waals surface area contributed by atoms with Crippen molar-refractivity contribution in [3.8, 4) is 11.5 Å². The number of halogens is 2. The summed E-state index contributed by atoms with van der Waals surface area (Å²) in [5.74, 6) is 0.744. The van der Waals surface area contributed by atoms with Gasteiger partial charge in [0.1, 0.15) is 5.58 Å². The molecule has 1 aliphatic heterocycles. The molecular formula is C30H27BrClNO5. The quantitative estimate of drug-likeness (QED) is 0.184. The van der Waals surface area contributed by atoms with Crippen molar-refractivity contribution in [1.29, 1.82) is 0 Å². The lowest BCUT2D eigenvalue weighted by Crippen LogP contribution is -2.29. The lowest BCUT2D eigenvalue weighted by Gasteiger charge is -2.26. The number of ether oxygens (including phenoxy) is 2. The molecule has 0 saturated carbocycles. The zero-order valence-corrected chi connectivity index (χ0v) is 23.5. The minimum atomic E-state index is -0.747. The van der Waals surface area contributed by atoms with Crippen LogP contribution in [0.5, 0.6) is 11.5 Å². The van der Waals surface area contributed by atoms with Crippen molar-refractivity contribution < 1.29 is 18.7 Å². The number of fused-ring (bicyclic) bond motifs is 2. The van der Waals surface area contributed by atoms with Gasteiger partial charge >= 0.3 is 0 Å². The van der Waals surface area contributed by atoms with E-state index in [1.165, 1.54) is 6.42 Å². The maximum absolute atomic E-state index is 13.9. The molecule has 1 amide bonds. The Labute approximate surface area is 234 Å². The molecule has 8 heteroatoms. The molecule has 1 unspecified atom stereocenters. The summed E-state index contributed by atoms with van der Waals surface area (Å²) < 4.78 is 18.4. The minimum absolute atomic E-state index is 0.0185. The first-order valence-corrected chi connectivity index (χ1v) is 13.8. The molecule has 3 aromatic carbocycles. The van der Waals surface area contributed by atoms with Gasteiger partial charge in [-0.15, -0.1) is 0 Å². The van der Waals surface area contributed by atoms with Gasteiger partial charge in [0.05, 0.1) is 30.7 Å². The van der Waals surface area contributed by atoms with Gasteiger partial charge in [-0.05, 0) is 60.5 Å². The van der Waals surface area contributed by atoms with E-state index in [1.54, 1.807) is 54.5 Å². The van der Waals surface area contributed by atoms with E-state index < -0.39 is 11.9 Å². The van der Waals surface area contributed by atoms with Gasteiger partial charge in [0.15, 0.2) is 16.9 Å². The SMILES string of the molecule is CCCCCCOc1ccc(C2c3c(oc4ccc(Br)cc4c3=O)C(=O)N2c2cccc(Cl)c2)cc1OC. The molecule has 196 valence electrons. The van der Waals surface area contributed by atoms with Gasteiger partial charge in [0.2, 0.25) is 5.76 Å². The molecule has 5 rings (SSSR count). The first kappa shape index (κ1) is 26.3. The van der Waals surface area contributed by atoms with Gasteiger partial charge in [-0.25, -0.2) is 0 Å². The third-order valence-electron chi connectivity index (χ3n) is 6.68. The monoisotopic (exact) mass is 595 g/mol. The number of benzene rings is 3. The van der Waals surface area contributed by atoms with Crippen LogP contribution in [0.15, 0.2) is 74.3 Å². The van der Waals surface area contributed by atoms with Crippen LogP contribution in [0.4, 0.5) is 5.69 Å². The number of rotatable bonds is 9. The lowest BCUT2D eigenvalue weighted by molar-refractivity contribution is 0.0971. The number of carbonyl (C=O) groups excluding carboxylic acids is 1. The molecule has 0 fully saturated rings. The van der Waals surface area contributed by atoms with Gasteiger partial charge in [-0.2, -0.15) is 0 Å². The fourth-order valence-corrected chi connectivity index (χ4v) is 5.38. The van der Waals surface area contributed by atoms with Crippen LogP contribution in [-0.4, -0.2) is 19.6 Å². The second-order valence-corrected chi connectivity index (χ2v) is 10.5. The van der Waals surface area contributed by atoms with Crippen LogP contribution in [0, 0.1) is 0 Å². The predicted octanol–water partition coefficient (Wildman–Crippen LogP) is 7.93. The van der Waals surface area contributed by atoms with Crippen molar-refractivity contribution >= 4 is 50.1 Å². The third-order valence-corrected chi connectivity index (χ3v) is 7.41. The molecule has 4 aromatic rings. The molecule has 0 saturated heterocycles. The maximum atomic E-state index is 13.9. The van der Waals surface area contributed by atoms with Gasteiger partial charge in [-0.3, -0.25) is 14.5 Å². The number of unbranched alkanes of at least 4 members (excludes halogenated alkanes) is 3. The zero-order valence-electron chi connectivity index (χ0n) is 21.1. The van der Waals surface area contributed by atoms with E-state index in [0.29, 0.717) is 45.3 Å². The Kier molecular flexibility index (Phi) is 7.77. The Morgan fingerprint density at radius 3 is 2.61 bits per heavy atom. The average molecular weight is 597 g/mol. The molecule has 0 N–H and O–H groups in total. The fourth-order valence-electron chi connectivity index (χ4n) is 4.84. The summed E-state index contributed by atoms with van der Waals surface area (Å²) in [7, 11) is 1.57. The van der Waals surface area contributed by atoms with Crippen LogP contribution in [-0.2, 0) is 0 Å². The molecule has 1 aliphatic rings. The summed E-state index contributed by atoms with van der Waals surface area (Å²) in [5.41, 5.74) is 1.60. The van der Waals surface area contributed by atoms with Crippen molar-refractivity contribution in [2.24, 2.45) is 0 Å².